The minimum absolute atomic E-state index is 0.159. The number of carbonyl (C=O) groups is 1. The molecule has 1 heterocycles. The topological polar surface area (TPSA) is 32.3 Å². The van der Waals surface area contributed by atoms with Gasteiger partial charge in [-0.25, -0.2) is 0 Å². The highest BCUT2D eigenvalue weighted by atomic mass is 32.2. The van der Waals surface area contributed by atoms with Crippen LogP contribution in [0.2, 0.25) is 0 Å². The van der Waals surface area contributed by atoms with Crippen LogP contribution in [0.4, 0.5) is 0 Å². The Kier molecular flexibility index (Phi) is 4.30. The first-order valence-electron chi connectivity index (χ1n) is 8.64. The van der Waals surface area contributed by atoms with Crippen LogP contribution in [0.1, 0.15) is 65.2 Å². The zero-order chi connectivity index (χ0) is 15.1. The van der Waals surface area contributed by atoms with Crippen molar-refractivity contribution in [3.63, 3.8) is 0 Å². The first kappa shape index (κ1) is 15.7. The number of rotatable bonds is 5. The molecule has 3 rings (SSSR count). The van der Waals surface area contributed by atoms with E-state index in [4.69, 9.17) is 0 Å². The Morgan fingerprint density at radius 3 is 2.43 bits per heavy atom. The fourth-order valence-electron chi connectivity index (χ4n) is 4.11. The lowest BCUT2D eigenvalue weighted by molar-refractivity contribution is -0.131. The van der Waals surface area contributed by atoms with Gasteiger partial charge >= 0.3 is 0 Å². The van der Waals surface area contributed by atoms with Gasteiger partial charge in [0.25, 0.3) is 0 Å². The van der Waals surface area contributed by atoms with E-state index in [1.165, 1.54) is 32.1 Å². The molecule has 0 bridgehead atoms. The lowest BCUT2D eigenvalue weighted by atomic mass is 9.87. The van der Waals surface area contributed by atoms with E-state index < -0.39 is 0 Å². The first-order chi connectivity index (χ1) is 10.0. The third-order valence-electron chi connectivity index (χ3n) is 5.59. The van der Waals surface area contributed by atoms with Crippen molar-refractivity contribution >= 4 is 17.7 Å². The van der Waals surface area contributed by atoms with Crippen LogP contribution in [0.3, 0.4) is 0 Å². The summed E-state index contributed by atoms with van der Waals surface area (Å²) in [4.78, 5) is 15.1. The summed E-state index contributed by atoms with van der Waals surface area (Å²) in [7, 11) is 0. The van der Waals surface area contributed by atoms with Crippen molar-refractivity contribution in [2.45, 2.75) is 81.7 Å². The number of hydrogen-bond donors (Lipinski definition) is 1. The number of amides is 1. The Balaban J connectivity index is 1.75. The molecule has 0 aromatic heterocycles. The number of carbonyl (C=O) groups excluding carboxylic acids is 1. The van der Waals surface area contributed by atoms with Crippen molar-refractivity contribution in [1.82, 2.24) is 10.2 Å². The predicted molar refractivity (Wildman–Crippen MR) is 89.4 cm³/mol. The van der Waals surface area contributed by atoms with Crippen LogP contribution in [0.5, 0.6) is 0 Å². The van der Waals surface area contributed by atoms with Crippen molar-refractivity contribution in [3.05, 3.63) is 0 Å². The molecular weight excluding hydrogens is 280 g/mol. The van der Waals surface area contributed by atoms with Gasteiger partial charge in [-0.3, -0.25) is 10.1 Å². The Morgan fingerprint density at radius 1 is 1.24 bits per heavy atom. The maximum atomic E-state index is 12.9. The third-order valence-corrected chi connectivity index (χ3v) is 6.99. The largest absolute Gasteiger partial charge is 0.324 e. The Hall–Kier alpha value is -0.220. The third kappa shape index (κ3) is 2.98. The molecule has 3 fully saturated rings. The molecule has 0 aromatic carbocycles. The number of nitrogens with zero attached hydrogens (tertiary/aromatic N) is 1. The number of hydrogen-bond acceptors (Lipinski definition) is 3. The number of nitrogens with one attached hydrogen (secondary N) is 1. The van der Waals surface area contributed by atoms with E-state index in [0.717, 1.165) is 25.8 Å². The molecule has 4 heteroatoms. The van der Waals surface area contributed by atoms with E-state index in [-0.39, 0.29) is 11.7 Å². The second kappa shape index (κ2) is 5.77. The molecule has 3 aliphatic rings. The molecule has 2 aliphatic carbocycles. The molecule has 1 atom stereocenters. The minimum atomic E-state index is -0.159. The summed E-state index contributed by atoms with van der Waals surface area (Å²) in [6.07, 6.45) is 12.3. The predicted octanol–water partition coefficient (Wildman–Crippen LogP) is 3.39. The fourth-order valence-corrected chi connectivity index (χ4v) is 5.07. The van der Waals surface area contributed by atoms with Crippen LogP contribution < -0.4 is 5.32 Å². The Morgan fingerprint density at radius 2 is 1.90 bits per heavy atom. The standard InChI is InChI=1S/C17H30N2OS/c1-13(2)11-14-18-17(9-10-17)15(20)19(14)12-16(21-3)7-5-4-6-8-16/h13-14,18H,4-12H2,1-3H3. The van der Waals surface area contributed by atoms with Crippen molar-refractivity contribution in [1.29, 1.82) is 0 Å². The summed E-state index contributed by atoms with van der Waals surface area (Å²) in [6.45, 7) is 5.47. The van der Waals surface area contributed by atoms with Crippen LogP contribution in [-0.2, 0) is 4.79 Å². The zero-order valence-corrected chi connectivity index (χ0v) is 14.6. The van der Waals surface area contributed by atoms with Crippen LogP contribution >= 0.6 is 11.8 Å². The van der Waals surface area contributed by atoms with Gasteiger partial charge in [0.15, 0.2) is 0 Å². The highest BCUT2D eigenvalue weighted by Gasteiger charge is 2.59. The van der Waals surface area contributed by atoms with E-state index in [0.29, 0.717) is 16.6 Å². The highest BCUT2D eigenvalue weighted by molar-refractivity contribution is 8.00. The zero-order valence-electron chi connectivity index (χ0n) is 13.8. The minimum Gasteiger partial charge on any atom is -0.324 e. The summed E-state index contributed by atoms with van der Waals surface area (Å²) in [6, 6.07) is 0. The van der Waals surface area contributed by atoms with Gasteiger partial charge < -0.3 is 4.90 Å². The van der Waals surface area contributed by atoms with Crippen molar-refractivity contribution in [2.75, 3.05) is 12.8 Å². The average molecular weight is 311 g/mol. The summed E-state index contributed by atoms with van der Waals surface area (Å²) in [5.41, 5.74) is -0.159. The lowest BCUT2D eigenvalue weighted by Gasteiger charge is -2.40. The molecule has 1 spiro atoms. The van der Waals surface area contributed by atoms with Gasteiger partial charge in [-0.1, -0.05) is 33.1 Å². The molecule has 120 valence electrons. The van der Waals surface area contributed by atoms with Crippen LogP contribution in [0.15, 0.2) is 0 Å². The van der Waals surface area contributed by atoms with E-state index >= 15 is 0 Å². The van der Waals surface area contributed by atoms with Gasteiger partial charge in [0, 0.05) is 11.3 Å². The fraction of sp³-hybridized carbons (Fsp3) is 0.941. The lowest BCUT2D eigenvalue weighted by Crippen LogP contribution is -2.48. The van der Waals surface area contributed by atoms with Crippen LogP contribution in [0, 0.1) is 5.92 Å². The smallest absolute Gasteiger partial charge is 0.244 e. The molecule has 21 heavy (non-hydrogen) atoms. The summed E-state index contributed by atoms with van der Waals surface area (Å²) in [5, 5.41) is 3.67. The summed E-state index contributed by atoms with van der Waals surface area (Å²) >= 11 is 2.00. The molecular formula is C17H30N2OS. The molecule has 1 aliphatic heterocycles. The molecule has 1 saturated heterocycles. The molecule has 1 unspecified atom stereocenters. The van der Waals surface area contributed by atoms with E-state index in [1.807, 2.05) is 11.8 Å². The average Bonchev–Trinajstić information content (AvgIpc) is 3.20. The molecule has 1 N–H and O–H groups in total. The summed E-state index contributed by atoms with van der Waals surface area (Å²) in [5.74, 6) is 1.02. The Labute approximate surface area is 133 Å². The monoisotopic (exact) mass is 310 g/mol. The second-order valence-electron chi connectivity index (χ2n) is 7.75. The second-order valence-corrected chi connectivity index (χ2v) is 9.03. The van der Waals surface area contributed by atoms with Gasteiger partial charge in [-0.05, 0) is 44.3 Å². The van der Waals surface area contributed by atoms with Crippen molar-refractivity contribution < 1.29 is 4.79 Å². The number of thioether (sulfide) groups is 1. The molecule has 0 radical (unpaired) electrons. The normalized spacial score (nSPS) is 30.4. The van der Waals surface area contributed by atoms with E-state index in [2.05, 4.69) is 30.3 Å². The molecule has 0 aromatic rings. The van der Waals surface area contributed by atoms with E-state index in [9.17, 15) is 4.79 Å². The first-order valence-corrected chi connectivity index (χ1v) is 9.87. The summed E-state index contributed by atoms with van der Waals surface area (Å²) < 4.78 is 0.311. The molecule has 1 amide bonds. The van der Waals surface area contributed by atoms with Gasteiger partial charge in [0.05, 0.1) is 11.7 Å². The molecule has 2 saturated carbocycles. The van der Waals surface area contributed by atoms with Crippen LogP contribution in [0.25, 0.3) is 0 Å². The van der Waals surface area contributed by atoms with Gasteiger partial charge in [-0.2, -0.15) is 11.8 Å². The quantitative estimate of drug-likeness (QED) is 0.845. The van der Waals surface area contributed by atoms with Crippen LogP contribution in [-0.4, -0.2) is 40.1 Å². The SMILES string of the molecule is CSC1(CN2C(=O)C3(CC3)NC2CC(C)C)CCCCC1. The van der Waals surface area contributed by atoms with E-state index in [1.54, 1.807) is 0 Å². The molecule has 3 nitrogen and oxygen atoms in total. The maximum Gasteiger partial charge on any atom is 0.244 e. The highest BCUT2D eigenvalue weighted by Crippen LogP contribution is 2.46. The Bertz CT molecular complexity index is 400. The van der Waals surface area contributed by atoms with Gasteiger partial charge in [0.1, 0.15) is 0 Å². The van der Waals surface area contributed by atoms with Crippen molar-refractivity contribution in [3.8, 4) is 0 Å². The van der Waals surface area contributed by atoms with Gasteiger partial charge in [0.2, 0.25) is 5.91 Å². The van der Waals surface area contributed by atoms with Crippen molar-refractivity contribution in [2.24, 2.45) is 5.92 Å². The maximum absolute atomic E-state index is 12.9. The van der Waals surface area contributed by atoms with Gasteiger partial charge in [-0.15, -0.1) is 0 Å².